The standard InChI is InChI=1S/C10H9N5S/c16-10-12-9(13-14-10)5-15-6-11-7-3-1-2-4-8(7)15/h1-4,6H,5H2,(H2,12,13,14,16). The number of nitrogens with zero attached hydrogens (tertiary/aromatic N) is 3. The molecule has 0 fully saturated rings. The van der Waals surface area contributed by atoms with Gasteiger partial charge in [0, 0.05) is 0 Å². The number of benzene rings is 1. The van der Waals surface area contributed by atoms with E-state index in [0.717, 1.165) is 16.9 Å². The van der Waals surface area contributed by atoms with Crippen LogP contribution < -0.4 is 0 Å². The second kappa shape index (κ2) is 3.57. The van der Waals surface area contributed by atoms with Gasteiger partial charge in [-0.05, 0) is 24.4 Å². The number of aromatic nitrogens is 5. The van der Waals surface area contributed by atoms with Crippen molar-refractivity contribution < 1.29 is 0 Å². The predicted octanol–water partition coefficient (Wildman–Crippen LogP) is 1.87. The van der Waals surface area contributed by atoms with Crippen molar-refractivity contribution in [1.82, 2.24) is 24.7 Å². The van der Waals surface area contributed by atoms with Gasteiger partial charge in [-0.15, -0.1) is 0 Å². The lowest BCUT2D eigenvalue weighted by atomic mass is 10.3. The largest absolute Gasteiger partial charge is 0.323 e. The van der Waals surface area contributed by atoms with E-state index in [1.807, 2.05) is 28.8 Å². The summed E-state index contributed by atoms with van der Waals surface area (Å²) in [5.41, 5.74) is 2.07. The Morgan fingerprint density at radius 1 is 1.25 bits per heavy atom. The number of nitrogens with one attached hydrogen (secondary N) is 2. The van der Waals surface area contributed by atoms with Gasteiger partial charge in [-0.1, -0.05) is 12.1 Å². The van der Waals surface area contributed by atoms with E-state index >= 15 is 0 Å². The fourth-order valence-electron chi connectivity index (χ4n) is 1.68. The first-order valence-electron chi connectivity index (χ1n) is 4.86. The maximum atomic E-state index is 4.90. The van der Waals surface area contributed by atoms with Crippen LogP contribution in [0.25, 0.3) is 11.0 Å². The highest BCUT2D eigenvalue weighted by Gasteiger charge is 2.03. The molecule has 0 atom stereocenters. The molecule has 3 aromatic rings. The number of rotatable bonds is 2. The topological polar surface area (TPSA) is 62.3 Å². The molecule has 0 saturated heterocycles. The number of H-pyrrole nitrogens is 2. The van der Waals surface area contributed by atoms with E-state index < -0.39 is 0 Å². The molecule has 5 nitrogen and oxygen atoms in total. The summed E-state index contributed by atoms with van der Waals surface area (Å²) in [5, 5.41) is 5.69. The van der Waals surface area contributed by atoms with Crippen LogP contribution in [0.3, 0.4) is 0 Å². The van der Waals surface area contributed by atoms with Gasteiger partial charge in [-0.2, -0.15) is 0 Å². The van der Waals surface area contributed by atoms with E-state index in [4.69, 9.17) is 12.2 Å². The van der Waals surface area contributed by atoms with Gasteiger partial charge in [-0.3, -0.25) is 10.2 Å². The molecule has 0 amide bonds. The zero-order chi connectivity index (χ0) is 11.0. The molecular weight excluding hydrogens is 222 g/mol. The van der Waals surface area contributed by atoms with Gasteiger partial charge in [0.25, 0.3) is 0 Å². The maximum Gasteiger partial charge on any atom is 0.213 e. The van der Waals surface area contributed by atoms with Crippen LogP contribution >= 0.6 is 12.2 Å². The molecule has 0 spiro atoms. The Kier molecular flexibility index (Phi) is 2.07. The van der Waals surface area contributed by atoms with Crippen LogP contribution in [-0.2, 0) is 6.54 Å². The molecule has 6 heteroatoms. The van der Waals surface area contributed by atoms with Crippen LogP contribution in [0.4, 0.5) is 0 Å². The summed E-state index contributed by atoms with van der Waals surface area (Å²) < 4.78 is 2.50. The lowest BCUT2D eigenvalue weighted by molar-refractivity contribution is 0.768. The second-order valence-corrected chi connectivity index (χ2v) is 3.86. The van der Waals surface area contributed by atoms with Gasteiger partial charge in [0.05, 0.1) is 23.9 Å². The number of aromatic amines is 2. The molecule has 0 radical (unpaired) electrons. The van der Waals surface area contributed by atoms with Gasteiger partial charge < -0.3 is 4.57 Å². The van der Waals surface area contributed by atoms with Crippen molar-refractivity contribution in [2.45, 2.75) is 6.54 Å². The predicted molar refractivity (Wildman–Crippen MR) is 62.6 cm³/mol. The Morgan fingerprint density at radius 3 is 2.94 bits per heavy atom. The van der Waals surface area contributed by atoms with Crippen molar-refractivity contribution in [3.8, 4) is 0 Å². The molecule has 0 saturated carbocycles. The summed E-state index contributed by atoms with van der Waals surface area (Å²) in [6.45, 7) is 0.633. The fourth-order valence-corrected chi connectivity index (χ4v) is 1.84. The second-order valence-electron chi connectivity index (χ2n) is 3.47. The summed E-state index contributed by atoms with van der Waals surface area (Å²) in [5.74, 6) is 0.799. The number of para-hydroxylation sites is 2. The van der Waals surface area contributed by atoms with E-state index in [9.17, 15) is 0 Å². The van der Waals surface area contributed by atoms with E-state index in [2.05, 4.69) is 20.2 Å². The number of imidazole rings is 1. The Labute approximate surface area is 96.1 Å². The molecule has 0 aliphatic heterocycles. The highest BCUT2D eigenvalue weighted by molar-refractivity contribution is 7.71. The Hall–Kier alpha value is -1.95. The maximum absolute atomic E-state index is 4.90. The van der Waals surface area contributed by atoms with Crippen molar-refractivity contribution >= 4 is 23.3 Å². The first kappa shape index (κ1) is 9.29. The molecule has 2 aromatic heterocycles. The Bertz CT molecular complexity index is 677. The van der Waals surface area contributed by atoms with Crippen LogP contribution in [0.2, 0.25) is 0 Å². The third-order valence-corrected chi connectivity index (χ3v) is 2.59. The van der Waals surface area contributed by atoms with Crippen LogP contribution in [0.5, 0.6) is 0 Å². The lowest BCUT2D eigenvalue weighted by Gasteiger charge is -1.99. The fraction of sp³-hybridized carbons (Fsp3) is 0.100. The third kappa shape index (κ3) is 1.53. The SMILES string of the molecule is S=c1nc(Cn2cnc3ccccc32)[nH][nH]1. The number of hydrogen-bond acceptors (Lipinski definition) is 3. The average molecular weight is 231 g/mol. The normalized spacial score (nSPS) is 11.0. The molecule has 16 heavy (non-hydrogen) atoms. The van der Waals surface area contributed by atoms with E-state index in [-0.39, 0.29) is 0 Å². The lowest BCUT2D eigenvalue weighted by Crippen LogP contribution is -1.99. The van der Waals surface area contributed by atoms with Gasteiger partial charge >= 0.3 is 0 Å². The minimum atomic E-state index is 0.472. The van der Waals surface area contributed by atoms with Crippen LogP contribution in [0.1, 0.15) is 5.82 Å². The molecule has 80 valence electrons. The van der Waals surface area contributed by atoms with Gasteiger partial charge in [0.2, 0.25) is 4.77 Å². The van der Waals surface area contributed by atoms with E-state index in [1.165, 1.54) is 0 Å². The van der Waals surface area contributed by atoms with Crippen molar-refractivity contribution in [2.24, 2.45) is 0 Å². The highest BCUT2D eigenvalue weighted by atomic mass is 32.1. The molecule has 0 unspecified atom stereocenters. The van der Waals surface area contributed by atoms with Gasteiger partial charge in [0.1, 0.15) is 5.82 Å². The number of hydrogen-bond donors (Lipinski definition) is 2. The summed E-state index contributed by atoms with van der Waals surface area (Å²) in [7, 11) is 0. The minimum Gasteiger partial charge on any atom is -0.323 e. The van der Waals surface area contributed by atoms with Crippen molar-refractivity contribution in [3.05, 3.63) is 41.2 Å². The average Bonchev–Trinajstić information content (AvgIpc) is 2.87. The highest BCUT2D eigenvalue weighted by Crippen LogP contribution is 2.12. The van der Waals surface area contributed by atoms with Crippen molar-refractivity contribution in [2.75, 3.05) is 0 Å². The smallest absolute Gasteiger partial charge is 0.213 e. The molecular formula is C10H9N5S. The Balaban J connectivity index is 2.03. The summed E-state index contributed by atoms with van der Waals surface area (Å²) >= 11 is 4.90. The molecule has 0 bridgehead atoms. The molecule has 0 aliphatic carbocycles. The van der Waals surface area contributed by atoms with Gasteiger partial charge in [-0.25, -0.2) is 9.97 Å². The van der Waals surface area contributed by atoms with Crippen LogP contribution in [0, 0.1) is 4.77 Å². The van der Waals surface area contributed by atoms with Crippen LogP contribution in [0.15, 0.2) is 30.6 Å². The van der Waals surface area contributed by atoms with E-state index in [0.29, 0.717) is 11.3 Å². The monoisotopic (exact) mass is 231 g/mol. The first-order chi connectivity index (χ1) is 7.83. The summed E-state index contributed by atoms with van der Waals surface area (Å²) in [6.07, 6.45) is 1.80. The van der Waals surface area contributed by atoms with Gasteiger partial charge in [0.15, 0.2) is 0 Å². The third-order valence-electron chi connectivity index (χ3n) is 2.40. The number of fused-ring (bicyclic) bond motifs is 1. The zero-order valence-corrected chi connectivity index (χ0v) is 9.16. The van der Waals surface area contributed by atoms with Crippen LogP contribution in [-0.4, -0.2) is 24.7 Å². The molecule has 1 aromatic carbocycles. The molecule has 2 N–H and O–H groups in total. The quantitative estimate of drug-likeness (QED) is 0.662. The summed E-state index contributed by atoms with van der Waals surface area (Å²) in [4.78, 5) is 8.45. The molecule has 2 heterocycles. The molecule has 0 aliphatic rings. The zero-order valence-electron chi connectivity index (χ0n) is 8.34. The van der Waals surface area contributed by atoms with Crippen molar-refractivity contribution in [3.63, 3.8) is 0 Å². The Morgan fingerprint density at radius 2 is 2.12 bits per heavy atom. The first-order valence-corrected chi connectivity index (χ1v) is 5.27. The van der Waals surface area contributed by atoms with Crippen molar-refractivity contribution in [1.29, 1.82) is 0 Å². The van der Waals surface area contributed by atoms with E-state index in [1.54, 1.807) is 6.33 Å². The summed E-state index contributed by atoms with van der Waals surface area (Å²) in [6, 6.07) is 7.98. The minimum absolute atomic E-state index is 0.472. The molecule has 3 rings (SSSR count).